The molecule has 0 aliphatic heterocycles. The zero-order valence-corrected chi connectivity index (χ0v) is 8.88. The first-order valence-electron chi connectivity index (χ1n) is 4.38. The monoisotopic (exact) mass is 209 g/mol. The topological polar surface area (TPSA) is 55.6 Å². The Balaban J connectivity index is 2.38. The third-order valence-corrected chi connectivity index (χ3v) is 2.48. The Hall–Kier alpha value is -1.43. The Bertz CT molecular complexity index is 419. The van der Waals surface area contributed by atoms with E-state index in [0.717, 1.165) is 23.6 Å². The van der Waals surface area contributed by atoms with Crippen molar-refractivity contribution in [3.8, 4) is 11.3 Å². The van der Waals surface area contributed by atoms with Crippen molar-refractivity contribution in [1.82, 2.24) is 18.5 Å². The number of aryl methyl sites for hydroxylation is 1. The summed E-state index contributed by atoms with van der Waals surface area (Å²) >= 11 is 1.20. The predicted molar refractivity (Wildman–Crippen MR) is 56.4 cm³/mol. The van der Waals surface area contributed by atoms with Crippen LogP contribution in [-0.4, -0.2) is 25.6 Å². The van der Waals surface area contributed by atoms with Gasteiger partial charge in [0.1, 0.15) is 5.69 Å². The van der Waals surface area contributed by atoms with E-state index in [4.69, 9.17) is 0 Å². The lowest BCUT2D eigenvalue weighted by Gasteiger charge is -1.95. The molecule has 14 heavy (non-hydrogen) atoms. The first-order valence-corrected chi connectivity index (χ1v) is 5.11. The van der Waals surface area contributed by atoms with Crippen LogP contribution >= 0.6 is 11.7 Å². The van der Waals surface area contributed by atoms with Crippen molar-refractivity contribution in [1.29, 1.82) is 0 Å². The molecule has 1 N–H and O–H groups in total. The summed E-state index contributed by atoms with van der Waals surface area (Å²) in [6, 6.07) is 0. The van der Waals surface area contributed by atoms with E-state index in [-0.39, 0.29) is 0 Å². The van der Waals surface area contributed by atoms with Crippen LogP contribution < -0.4 is 5.32 Å². The van der Waals surface area contributed by atoms with E-state index in [0.29, 0.717) is 0 Å². The van der Waals surface area contributed by atoms with E-state index in [1.165, 1.54) is 11.7 Å². The van der Waals surface area contributed by atoms with Crippen LogP contribution in [0.2, 0.25) is 0 Å². The normalized spacial score (nSPS) is 10.4. The molecule has 0 amide bonds. The van der Waals surface area contributed by atoms with Gasteiger partial charge in [-0.25, -0.2) is 0 Å². The molecule has 0 saturated heterocycles. The molecule has 2 rings (SSSR count). The highest BCUT2D eigenvalue weighted by Gasteiger charge is 2.10. The van der Waals surface area contributed by atoms with E-state index < -0.39 is 0 Å². The van der Waals surface area contributed by atoms with Gasteiger partial charge < -0.3 is 5.32 Å². The molecule has 2 aromatic rings. The fourth-order valence-electron chi connectivity index (χ4n) is 1.20. The van der Waals surface area contributed by atoms with Crippen molar-refractivity contribution in [2.45, 2.75) is 13.5 Å². The number of anilines is 1. The lowest BCUT2D eigenvalue weighted by molar-refractivity contribution is 0.660. The Morgan fingerprint density at radius 2 is 2.36 bits per heavy atom. The van der Waals surface area contributed by atoms with Crippen molar-refractivity contribution < 1.29 is 0 Å². The first kappa shape index (κ1) is 9.14. The van der Waals surface area contributed by atoms with E-state index >= 15 is 0 Å². The van der Waals surface area contributed by atoms with Crippen LogP contribution in [0.3, 0.4) is 0 Å². The van der Waals surface area contributed by atoms with Gasteiger partial charge in [0.25, 0.3) is 0 Å². The standard InChI is InChI=1S/C8H11N5S/c1-3-13-5-6(4-10-13)7-8(9-2)12-14-11-7/h4-5H,3H2,1-2H3,(H,9,12). The van der Waals surface area contributed by atoms with Gasteiger partial charge in [-0.2, -0.15) is 13.8 Å². The summed E-state index contributed by atoms with van der Waals surface area (Å²) in [6.07, 6.45) is 3.78. The molecule has 0 aliphatic rings. The fraction of sp³-hybridized carbons (Fsp3) is 0.375. The minimum Gasteiger partial charge on any atom is -0.370 e. The van der Waals surface area contributed by atoms with Gasteiger partial charge in [0, 0.05) is 25.4 Å². The average Bonchev–Trinajstić information content (AvgIpc) is 2.85. The second-order valence-electron chi connectivity index (χ2n) is 2.80. The molecule has 6 heteroatoms. The SMILES string of the molecule is CCn1cc(-c2nsnc2NC)cn1. The lowest BCUT2D eigenvalue weighted by atomic mass is 10.2. The number of nitrogens with one attached hydrogen (secondary N) is 1. The van der Waals surface area contributed by atoms with E-state index in [1.54, 1.807) is 6.20 Å². The molecule has 0 aliphatic carbocycles. The Labute approximate surface area is 86.1 Å². The number of rotatable bonds is 3. The fourth-order valence-corrected chi connectivity index (χ4v) is 1.77. The van der Waals surface area contributed by atoms with Crippen molar-refractivity contribution in [3.63, 3.8) is 0 Å². The molecule has 0 radical (unpaired) electrons. The molecular weight excluding hydrogens is 198 g/mol. The van der Waals surface area contributed by atoms with Gasteiger partial charge in [-0.3, -0.25) is 4.68 Å². The minimum absolute atomic E-state index is 0.811. The molecule has 0 saturated carbocycles. The minimum atomic E-state index is 0.811. The van der Waals surface area contributed by atoms with E-state index in [1.807, 2.05) is 17.9 Å². The highest BCUT2D eigenvalue weighted by Crippen LogP contribution is 2.24. The number of nitrogens with zero attached hydrogens (tertiary/aromatic N) is 4. The maximum atomic E-state index is 4.22. The third kappa shape index (κ3) is 1.48. The maximum Gasteiger partial charge on any atom is 0.167 e. The van der Waals surface area contributed by atoms with Crippen molar-refractivity contribution >= 4 is 17.5 Å². The molecule has 0 spiro atoms. The molecule has 74 valence electrons. The van der Waals surface area contributed by atoms with Crippen LogP contribution in [0, 0.1) is 0 Å². The van der Waals surface area contributed by atoms with Crippen LogP contribution in [-0.2, 0) is 6.54 Å². The second-order valence-corrected chi connectivity index (χ2v) is 3.32. The third-order valence-electron chi connectivity index (χ3n) is 1.96. The van der Waals surface area contributed by atoms with Crippen LogP contribution in [0.25, 0.3) is 11.3 Å². The highest BCUT2D eigenvalue weighted by atomic mass is 32.1. The molecule has 0 atom stereocenters. The number of aromatic nitrogens is 4. The molecule has 2 heterocycles. The zero-order chi connectivity index (χ0) is 9.97. The second kappa shape index (κ2) is 3.75. The predicted octanol–water partition coefficient (Wildman–Crippen LogP) is 1.46. The Morgan fingerprint density at radius 3 is 3.00 bits per heavy atom. The maximum absolute atomic E-state index is 4.22. The van der Waals surface area contributed by atoms with Crippen molar-refractivity contribution in [3.05, 3.63) is 12.4 Å². The number of hydrogen-bond donors (Lipinski definition) is 1. The molecule has 0 fully saturated rings. The van der Waals surface area contributed by atoms with Gasteiger partial charge in [0.15, 0.2) is 5.82 Å². The summed E-state index contributed by atoms with van der Waals surface area (Å²) < 4.78 is 10.2. The quantitative estimate of drug-likeness (QED) is 0.831. The summed E-state index contributed by atoms with van der Waals surface area (Å²) in [4.78, 5) is 0. The molecular formula is C8H11N5S. The molecule has 5 nitrogen and oxygen atoms in total. The summed E-state index contributed by atoms with van der Waals surface area (Å²) in [5.41, 5.74) is 1.88. The van der Waals surface area contributed by atoms with Gasteiger partial charge in [0.2, 0.25) is 0 Å². The van der Waals surface area contributed by atoms with Crippen LogP contribution in [0.4, 0.5) is 5.82 Å². The summed E-state index contributed by atoms with van der Waals surface area (Å²) in [5, 5.41) is 7.19. The van der Waals surface area contributed by atoms with E-state index in [9.17, 15) is 0 Å². The molecule has 2 aromatic heterocycles. The largest absolute Gasteiger partial charge is 0.370 e. The lowest BCUT2D eigenvalue weighted by Crippen LogP contribution is -1.92. The van der Waals surface area contributed by atoms with Gasteiger partial charge in [-0.15, -0.1) is 0 Å². The van der Waals surface area contributed by atoms with Gasteiger partial charge >= 0.3 is 0 Å². The summed E-state index contributed by atoms with van der Waals surface area (Å²) in [6.45, 7) is 2.92. The highest BCUT2D eigenvalue weighted by molar-refractivity contribution is 6.99. The molecule has 0 unspecified atom stereocenters. The van der Waals surface area contributed by atoms with Gasteiger partial charge in [-0.05, 0) is 6.92 Å². The Morgan fingerprint density at radius 1 is 1.50 bits per heavy atom. The van der Waals surface area contributed by atoms with Crippen molar-refractivity contribution in [2.75, 3.05) is 12.4 Å². The van der Waals surface area contributed by atoms with Gasteiger partial charge in [-0.1, -0.05) is 0 Å². The molecule has 0 bridgehead atoms. The molecule has 0 aromatic carbocycles. The van der Waals surface area contributed by atoms with Crippen LogP contribution in [0.15, 0.2) is 12.4 Å². The Kier molecular flexibility index (Phi) is 2.45. The zero-order valence-electron chi connectivity index (χ0n) is 8.06. The van der Waals surface area contributed by atoms with Crippen LogP contribution in [0.1, 0.15) is 6.92 Å². The smallest absolute Gasteiger partial charge is 0.167 e. The number of hydrogen-bond acceptors (Lipinski definition) is 5. The summed E-state index contributed by atoms with van der Waals surface area (Å²) in [7, 11) is 1.84. The van der Waals surface area contributed by atoms with E-state index in [2.05, 4.69) is 26.1 Å². The van der Waals surface area contributed by atoms with Crippen molar-refractivity contribution in [2.24, 2.45) is 0 Å². The first-order chi connectivity index (χ1) is 6.85. The van der Waals surface area contributed by atoms with Gasteiger partial charge in [0.05, 0.1) is 17.9 Å². The average molecular weight is 209 g/mol. The van der Waals surface area contributed by atoms with Crippen LogP contribution in [0.5, 0.6) is 0 Å². The summed E-state index contributed by atoms with van der Waals surface area (Å²) in [5.74, 6) is 0.811.